The molecule has 0 aliphatic carbocycles. The van der Waals surface area contributed by atoms with Gasteiger partial charge in [0.25, 0.3) is 0 Å². The van der Waals surface area contributed by atoms with E-state index < -0.39 is 7.12 Å². The van der Waals surface area contributed by atoms with Crippen molar-refractivity contribution in [2.75, 3.05) is 0 Å². The van der Waals surface area contributed by atoms with Gasteiger partial charge in [0.2, 0.25) is 0 Å². The van der Waals surface area contributed by atoms with Crippen LogP contribution in [0.1, 0.15) is 5.56 Å². The van der Waals surface area contributed by atoms with E-state index in [0.717, 1.165) is 5.56 Å². The molecule has 0 bridgehead atoms. The number of hydrogen-bond acceptors (Lipinski definition) is 2. The molecule has 1 aromatic rings. The molecule has 2 N–H and O–H groups in total. The van der Waals surface area contributed by atoms with Crippen LogP contribution in [0.3, 0.4) is 0 Å². The first kappa shape index (κ1) is 7.14. The zero-order valence-electron chi connectivity index (χ0n) is 5.63. The van der Waals surface area contributed by atoms with Gasteiger partial charge in [0.05, 0.1) is 0 Å². The third-order valence-electron chi connectivity index (χ3n) is 1.18. The molecular weight excluding hydrogens is 127 g/mol. The van der Waals surface area contributed by atoms with Crippen molar-refractivity contribution in [3.63, 3.8) is 0 Å². The van der Waals surface area contributed by atoms with Crippen molar-refractivity contribution >= 4 is 12.6 Å². The van der Waals surface area contributed by atoms with Crippen molar-refractivity contribution in [3.05, 3.63) is 29.8 Å². The molecule has 0 aliphatic rings. The van der Waals surface area contributed by atoms with Gasteiger partial charge in [0.15, 0.2) is 0 Å². The van der Waals surface area contributed by atoms with E-state index in [9.17, 15) is 0 Å². The molecule has 1 rings (SSSR count). The zero-order chi connectivity index (χ0) is 7.56. The van der Waals surface area contributed by atoms with E-state index in [4.69, 9.17) is 10.0 Å². The van der Waals surface area contributed by atoms with Gasteiger partial charge in [-0.1, -0.05) is 18.2 Å². The minimum absolute atomic E-state index is 0.361. The van der Waals surface area contributed by atoms with E-state index >= 15 is 0 Å². The molecule has 0 saturated carbocycles. The van der Waals surface area contributed by atoms with E-state index in [2.05, 4.69) is 12.1 Å². The SMILES string of the molecule is Cc1cc#cc(B(O)O)c1. The summed E-state index contributed by atoms with van der Waals surface area (Å²) in [5.41, 5.74) is 1.31. The Morgan fingerprint density at radius 1 is 1.50 bits per heavy atom. The van der Waals surface area contributed by atoms with Crippen LogP contribution in [0.2, 0.25) is 0 Å². The Morgan fingerprint density at radius 2 is 2.20 bits per heavy atom. The smallest absolute Gasteiger partial charge is 0.423 e. The van der Waals surface area contributed by atoms with Crippen LogP contribution >= 0.6 is 0 Å². The maximum absolute atomic E-state index is 8.65. The van der Waals surface area contributed by atoms with Crippen LogP contribution in [0.15, 0.2) is 12.1 Å². The third kappa shape index (κ3) is 1.50. The molecule has 0 spiro atoms. The van der Waals surface area contributed by atoms with E-state index in [1.807, 2.05) is 6.92 Å². The maximum Gasteiger partial charge on any atom is 0.497 e. The van der Waals surface area contributed by atoms with Crippen LogP contribution < -0.4 is 5.46 Å². The predicted molar refractivity (Wildman–Crippen MR) is 38.7 cm³/mol. The van der Waals surface area contributed by atoms with Gasteiger partial charge < -0.3 is 10.0 Å². The summed E-state index contributed by atoms with van der Waals surface area (Å²) in [6, 6.07) is 8.63. The topological polar surface area (TPSA) is 40.5 Å². The average molecular weight is 134 g/mol. The van der Waals surface area contributed by atoms with Crippen LogP contribution in [0.25, 0.3) is 0 Å². The van der Waals surface area contributed by atoms with Crippen LogP contribution in [0.5, 0.6) is 0 Å². The summed E-state index contributed by atoms with van der Waals surface area (Å²) in [4.78, 5) is 0. The third-order valence-corrected chi connectivity index (χ3v) is 1.18. The highest BCUT2D eigenvalue weighted by molar-refractivity contribution is 6.58. The standard InChI is InChI=1S/C7H7BO2/c1-6-3-2-4-7(5-6)8(9)10/h3,5,9-10H,1H3. The summed E-state index contributed by atoms with van der Waals surface area (Å²) < 4.78 is 0. The molecule has 2 nitrogen and oxygen atoms in total. The molecule has 0 aromatic heterocycles. The molecule has 3 heteroatoms. The van der Waals surface area contributed by atoms with Crippen molar-refractivity contribution in [3.8, 4) is 0 Å². The molecule has 0 atom stereocenters. The highest BCUT2D eigenvalue weighted by atomic mass is 16.4. The molecule has 0 aliphatic heterocycles. The van der Waals surface area contributed by atoms with E-state index in [0.29, 0.717) is 5.46 Å². The highest BCUT2D eigenvalue weighted by Crippen LogP contribution is 1.87. The highest BCUT2D eigenvalue weighted by Gasteiger charge is 2.09. The Labute approximate surface area is 60.3 Å². The predicted octanol–water partition coefficient (Wildman–Crippen LogP) is -0.725. The van der Waals surface area contributed by atoms with Crippen LogP contribution in [0.4, 0.5) is 0 Å². The number of aryl methyl sites for hydroxylation is 1. The summed E-state index contributed by atoms with van der Waals surface area (Å²) in [5, 5.41) is 17.3. The monoisotopic (exact) mass is 134 g/mol. The molecule has 0 amide bonds. The summed E-state index contributed by atoms with van der Waals surface area (Å²) in [5.74, 6) is 0. The second-order valence-electron chi connectivity index (χ2n) is 2.13. The van der Waals surface area contributed by atoms with Gasteiger partial charge >= 0.3 is 7.12 Å². The Kier molecular flexibility index (Phi) is 1.95. The van der Waals surface area contributed by atoms with E-state index in [1.165, 1.54) is 0 Å². The lowest BCUT2D eigenvalue weighted by Gasteiger charge is -1.93. The van der Waals surface area contributed by atoms with Gasteiger partial charge in [-0.25, -0.2) is 0 Å². The van der Waals surface area contributed by atoms with Gasteiger partial charge in [-0.2, -0.15) is 0 Å². The lowest BCUT2D eigenvalue weighted by molar-refractivity contribution is 0.426. The number of rotatable bonds is 1. The van der Waals surface area contributed by atoms with Crippen molar-refractivity contribution in [2.24, 2.45) is 0 Å². The Bertz CT molecular complexity index is 223. The molecule has 50 valence electrons. The lowest BCUT2D eigenvalue weighted by Crippen LogP contribution is -2.29. The summed E-state index contributed by atoms with van der Waals surface area (Å²) >= 11 is 0. The summed E-state index contributed by atoms with van der Waals surface area (Å²) in [7, 11) is -1.43. The quantitative estimate of drug-likeness (QED) is 0.497. The second kappa shape index (κ2) is 2.74. The zero-order valence-corrected chi connectivity index (χ0v) is 5.63. The lowest BCUT2D eigenvalue weighted by atomic mass is 9.81. The average Bonchev–Trinajstić information content (AvgIpc) is 1.88. The van der Waals surface area contributed by atoms with Gasteiger partial charge in [-0.15, -0.1) is 0 Å². The Balaban J connectivity index is 2.96. The molecule has 0 heterocycles. The van der Waals surface area contributed by atoms with Crippen molar-refractivity contribution in [1.29, 1.82) is 0 Å². The molecule has 0 saturated heterocycles. The van der Waals surface area contributed by atoms with Crippen LogP contribution in [0, 0.1) is 19.1 Å². The summed E-state index contributed by atoms with van der Waals surface area (Å²) in [6.45, 7) is 1.86. The largest absolute Gasteiger partial charge is 0.497 e. The van der Waals surface area contributed by atoms with Crippen LogP contribution in [-0.2, 0) is 0 Å². The van der Waals surface area contributed by atoms with E-state index in [-0.39, 0.29) is 0 Å². The Hall–Kier alpha value is -0.975. The normalized spacial score (nSPS) is 8.70. The first-order chi connectivity index (χ1) is 4.70. The second-order valence-corrected chi connectivity index (χ2v) is 2.13. The fraction of sp³-hybridized carbons (Fsp3) is 0.143. The fourth-order valence-corrected chi connectivity index (χ4v) is 0.695. The molecule has 10 heavy (non-hydrogen) atoms. The van der Waals surface area contributed by atoms with Gasteiger partial charge in [-0.05, 0) is 18.6 Å². The first-order valence-electron chi connectivity index (χ1n) is 2.96. The first-order valence-corrected chi connectivity index (χ1v) is 2.96. The molecule has 0 fully saturated rings. The van der Waals surface area contributed by atoms with Gasteiger partial charge in [0.1, 0.15) is 0 Å². The molecule has 0 radical (unpaired) electrons. The molecular formula is C7H7BO2. The van der Waals surface area contributed by atoms with E-state index in [1.54, 1.807) is 12.1 Å². The van der Waals surface area contributed by atoms with Crippen LogP contribution in [-0.4, -0.2) is 17.2 Å². The maximum atomic E-state index is 8.65. The number of hydrogen-bond donors (Lipinski definition) is 2. The minimum Gasteiger partial charge on any atom is -0.423 e. The van der Waals surface area contributed by atoms with Gasteiger partial charge in [-0.3, -0.25) is 0 Å². The van der Waals surface area contributed by atoms with Crippen molar-refractivity contribution < 1.29 is 10.0 Å². The van der Waals surface area contributed by atoms with Gasteiger partial charge in [0, 0.05) is 5.46 Å². The molecule has 0 unspecified atom stereocenters. The van der Waals surface area contributed by atoms with Crippen molar-refractivity contribution in [2.45, 2.75) is 6.92 Å². The fourth-order valence-electron chi connectivity index (χ4n) is 0.695. The summed E-state index contributed by atoms with van der Waals surface area (Å²) in [6.07, 6.45) is 0. The Morgan fingerprint density at radius 3 is 2.60 bits per heavy atom. The van der Waals surface area contributed by atoms with Crippen molar-refractivity contribution in [1.82, 2.24) is 0 Å². The molecule has 1 aromatic carbocycles. The minimum atomic E-state index is -1.43.